The minimum Gasteiger partial charge on any atom is -0.369 e. The smallest absolute Gasteiger partial charge is 0.0426 e. The third kappa shape index (κ3) is 3.37. The zero-order valence-corrected chi connectivity index (χ0v) is 14.2. The second-order valence-electron chi connectivity index (χ2n) is 4.93. The zero-order chi connectivity index (χ0) is 13.9. The topological polar surface area (TPSA) is 6.48 Å². The van der Waals surface area contributed by atoms with Crippen LogP contribution in [0.5, 0.6) is 0 Å². The monoisotopic (exact) mass is 370 g/mol. The molecule has 1 fully saturated rings. The number of piperazine rings is 1. The molecule has 2 aromatic rings. The summed E-state index contributed by atoms with van der Waals surface area (Å²) < 4.78 is 1.24. The van der Waals surface area contributed by atoms with Gasteiger partial charge in [-0.25, -0.2) is 0 Å². The highest BCUT2D eigenvalue weighted by Crippen LogP contribution is 2.25. The van der Waals surface area contributed by atoms with Gasteiger partial charge < -0.3 is 4.90 Å². The van der Waals surface area contributed by atoms with Crippen LogP contribution in [0.15, 0.2) is 40.2 Å². The molecule has 0 unspecified atom stereocenters. The number of rotatable bonds is 3. The molecule has 3 rings (SSSR count). The molecule has 5 heteroatoms. The highest BCUT2D eigenvalue weighted by Gasteiger charge is 2.18. The molecule has 0 aliphatic carbocycles. The van der Waals surface area contributed by atoms with Crippen molar-refractivity contribution in [2.45, 2.75) is 6.54 Å². The first-order valence-corrected chi connectivity index (χ1v) is 8.72. The molecule has 1 saturated heterocycles. The molecule has 20 heavy (non-hydrogen) atoms. The van der Waals surface area contributed by atoms with E-state index in [1.807, 2.05) is 29.5 Å². The van der Waals surface area contributed by atoms with Gasteiger partial charge in [-0.1, -0.05) is 17.7 Å². The summed E-state index contributed by atoms with van der Waals surface area (Å²) in [6.45, 7) is 5.35. The fourth-order valence-electron chi connectivity index (χ4n) is 2.48. The number of nitrogens with zero attached hydrogens (tertiary/aromatic N) is 2. The van der Waals surface area contributed by atoms with Gasteiger partial charge in [0.25, 0.3) is 0 Å². The van der Waals surface area contributed by atoms with E-state index in [-0.39, 0.29) is 0 Å². The molecule has 0 atom stereocenters. The Morgan fingerprint density at radius 3 is 2.60 bits per heavy atom. The van der Waals surface area contributed by atoms with E-state index < -0.39 is 0 Å². The summed E-state index contributed by atoms with van der Waals surface area (Å²) >= 11 is 11.5. The van der Waals surface area contributed by atoms with Gasteiger partial charge >= 0.3 is 0 Å². The van der Waals surface area contributed by atoms with Gasteiger partial charge in [0, 0.05) is 52.8 Å². The van der Waals surface area contributed by atoms with Gasteiger partial charge in [0.1, 0.15) is 0 Å². The molecule has 2 heterocycles. The number of halogens is 2. The van der Waals surface area contributed by atoms with Crippen molar-refractivity contribution in [2.24, 2.45) is 0 Å². The molecule has 0 amide bonds. The number of thiophene rings is 1. The number of anilines is 1. The molecule has 106 valence electrons. The lowest BCUT2D eigenvalue weighted by Gasteiger charge is -2.36. The van der Waals surface area contributed by atoms with Gasteiger partial charge in [-0.3, -0.25) is 4.90 Å². The molecular weight excluding hydrogens is 356 g/mol. The first-order valence-electron chi connectivity index (χ1n) is 6.67. The van der Waals surface area contributed by atoms with Gasteiger partial charge in [-0.15, -0.1) is 11.3 Å². The van der Waals surface area contributed by atoms with Crippen LogP contribution in [0.2, 0.25) is 5.02 Å². The lowest BCUT2D eigenvalue weighted by molar-refractivity contribution is 0.251. The average molecular weight is 372 g/mol. The van der Waals surface area contributed by atoms with Crippen molar-refractivity contribution in [3.63, 3.8) is 0 Å². The fourth-order valence-corrected chi connectivity index (χ4v) is 4.18. The Morgan fingerprint density at radius 1 is 1.15 bits per heavy atom. The number of hydrogen-bond donors (Lipinski definition) is 0. The molecule has 1 aliphatic heterocycles. The molecule has 0 N–H and O–H groups in total. The van der Waals surface area contributed by atoms with E-state index in [1.165, 1.54) is 15.0 Å². The van der Waals surface area contributed by atoms with Crippen molar-refractivity contribution in [3.8, 4) is 0 Å². The first-order chi connectivity index (χ1) is 9.72. The lowest BCUT2D eigenvalue weighted by atomic mass is 10.2. The van der Waals surface area contributed by atoms with Crippen LogP contribution >= 0.6 is 38.9 Å². The third-order valence-electron chi connectivity index (χ3n) is 3.60. The Kier molecular flexibility index (Phi) is 4.66. The quantitative estimate of drug-likeness (QED) is 0.784. The van der Waals surface area contributed by atoms with Crippen LogP contribution in [-0.2, 0) is 6.54 Å². The second kappa shape index (κ2) is 6.48. The third-order valence-corrected chi connectivity index (χ3v) is 5.75. The van der Waals surface area contributed by atoms with Crippen molar-refractivity contribution in [3.05, 3.63) is 50.1 Å². The molecule has 1 aromatic carbocycles. The van der Waals surface area contributed by atoms with Crippen molar-refractivity contribution in [1.82, 2.24) is 4.90 Å². The maximum atomic E-state index is 6.06. The molecule has 0 saturated carbocycles. The maximum absolute atomic E-state index is 6.06. The Hall–Kier alpha value is -0.550. The Morgan fingerprint density at radius 2 is 1.95 bits per heavy atom. The lowest BCUT2D eigenvalue weighted by Crippen LogP contribution is -2.45. The Bertz CT molecular complexity index is 579. The zero-order valence-electron chi connectivity index (χ0n) is 11.1. The summed E-state index contributed by atoms with van der Waals surface area (Å²) in [4.78, 5) is 6.34. The van der Waals surface area contributed by atoms with Crippen LogP contribution < -0.4 is 4.90 Å². The minimum absolute atomic E-state index is 0.812. The van der Waals surface area contributed by atoms with Crippen molar-refractivity contribution in [1.29, 1.82) is 0 Å². The number of hydrogen-bond acceptors (Lipinski definition) is 3. The van der Waals surface area contributed by atoms with Gasteiger partial charge in [0.15, 0.2) is 0 Å². The first kappa shape index (κ1) is 14.4. The molecule has 2 nitrogen and oxygen atoms in total. The van der Waals surface area contributed by atoms with E-state index in [0.29, 0.717) is 0 Å². The van der Waals surface area contributed by atoms with Crippen LogP contribution in [-0.4, -0.2) is 31.1 Å². The van der Waals surface area contributed by atoms with Gasteiger partial charge in [0.2, 0.25) is 0 Å². The Balaban J connectivity index is 1.58. The van der Waals surface area contributed by atoms with Crippen LogP contribution in [0.3, 0.4) is 0 Å². The van der Waals surface area contributed by atoms with Gasteiger partial charge in [-0.2, -0.15) is 0 Å². The molecule has 0 spiro atoms. The largest absolute Gasteiger partial charge is 0.369 e. The van der Waals surface area contributed by atoms with E-state index in [0.717, 1.165) is 37.7 Å². The van der Waals surface area contributed by atoms with Crippen LogP contribution in [0, 0.1) is 0 Å². The van der Waals surface area contributed by atoms with E-state index in [9.17, 15) is 0 Å². The van der Waals surface area contributed by atoms with Gasteiger partial charge in [0.05, 0.1) is 0 Å². The standard InChI is InChI=1S/C15H16BrClN2S/c16-14-4-9-20-15(14)11-18-5-7-19(8-6-18)13-3-1-2-12(17)10-13/h1-4,9-10H,5-8,11H2. The summed E-state index contributed by atoms with van der Waals surface area (Å²) in [6, 6.07) is 10.3. The van der Waals surface area contributed by atoms with Crippen molar-refractivity contribution < 1.29 is 0 Å². The highest BCUT2D eigenvalue weighted by molar-refractivity contribution is 9.10. The van der Waals surface area contributed by atoms with E-state index in [4.69, 9.17) is 11.6 Å². The molecule has 1 aliphatic rings. The summed E-state index contributed by atoms with van der Waals surface area (Å²) in [7, 11) is 0. The highest BCUT2D eigenvalue weighted by atomic mass is 79.9. The van der Waals surface area contributed by atoms with Crippen molar-refractivity contribution in [2.75, 3.05) is 31.1 Å². The molecule has 0 bridgehead atoms. The molecule has 0 radical (unpaired) electrons. The summed E-state index contributed by atoms with van der Waals surface area (Å²) in [5, 5.41) is 2.95. The fraction of sp³-hybridized carbons (Fsp3) is 0.333. The SMILES string of the molecule is Clc1cccc(N2CCN(Cc3sccc3Br)CC2)c1. The van der Waals surface area contributed by atoms with E-state index in [2.05, 4.69) is 43.2 Å². The summed E-state index contributed by atoms with van der Waals surface area (Å²) in [6.07, 6.45) is 0. The van der Waals surface area contributed by atoms with Crippen LogP contribution in [0.25, 0.3) is 0 Å². The van der Waals surface area contributed by atoms with Crippen LogP contribution in [0.1, 0.15) is 4.88 Å². The second-order valence-corrected chi connectivity index (χ2v) is 7.23. The predicted octanol–water partition coefficient (Wildman–Crippen LogP) is 4.49. The average Bonchev–Trinajstić information content (AvgIpc) is 2.85. The normalized spacial score (nSPS) is 16.6. The maximum Gasteiger partial charge on any atom is 0.0426 e. The van der Waals surface area contributed by atoms with Crippen molar-refractivity contribution >= 4 is 44.6 Å². The Labute approximate surface area is 137 Å². The van der Waals surface area contributed by atoms with Crippen LogP contribution in [0.4, 0.5) is 5.69 Å². The van der Waals surface area contributed by atoms with E-state index >= 15 is 0 Å². The molecule has 1 aromatic heterocycles. The molecular formula is C15H16BrClN2S. The van der Waals surface area contributed by atoms with Gasteiger partial charge in [-0.05, 0) is 45.6 Å². The predicted molar refractivity (Wildman–Crippen MR) is 91.0 cm³/mol. The summed E-state index contributed by atoms with van der Waals surface area (Å²) in [5.74, 6) is 0. The van der Waals surface area contributed by atoms with E-state index in [1.54, 1.807) is 0 Å². The summed E-state index contributed by atoms with van der Waals surface area (Å²) in [5.41, 5.74) is 1.23. The minimum atomic E-state index is 0.812. The number of benzene rings is 1.